The van der Waals surface area contributed by atoms with Gasteiger partial charge in [-0.2, -0.15) is 0 Å². The van der Waals surface area contributed by atoms with Gasteiger partial charge in [0.15, 0.2) is 0 Å². The number of pyridine rings is 1. The van der Waals surface area contributed by atoms with Crippen LogP contribution in [0.25, 0.3) is 21.8 Å². The minimum atomic E-state index is 0. The number of aromatic amines is 1. The van der Waals surface area contributed by atoms with Crippen LogP contribution < -0.4 is 0 Å². The van der Waals surface area contributed by atoms with Gasteiger partial charge in [-0.15, -0.1) is 0 Å². The number of hydrogen-bond acceptors (Lipinski definition) is 1. The smallest absolute Gasteiger partial charge is 0.353 e. The van der Waals surface area contributed by atoms with Crippen molar-refractivity contribution in [3.8, 4) is 0 Å². The lowest BCUT2D eigenvalue weighted by Gasteiger charge is -1.87. The second kappa shape index (κ2) is 2.33. The molecule has 0 unspecified atom stereocenters. The summed E-state index contributed by atoms with van der Waals surface area (Å²) in [5.41, 5.74) is 2.27. The van der Waals surface area contributed by atoms with Crippen molar-refractivity contribution < 1.29 is 1.43 Å². The van der Waals surface area contributed by atoms with E-state index in [-0.39, 0.29) is 1.43 Å². The van der Waals surface area contributed by atoms with E-state index < -0.39 is 0 Å². The third-order valence-electron chi connectivity index (χ3n) is 2.31. The molecule has 0 aliphatic carbocycles. The van der Waals surface area contributed by atoms with Crippen molar-refractivity contribution in [3.63, 3.8) is 0 Å². The highest BCUT2D eigenvalue weighted by atomic mass is 14.7. The number of benzene rings is 1. The standard InChI is InChI=1S/C11H8N2/c1-2-4-10-8(3-1)9-5-6-12-7-11(9)13-10/h1-7,13H/p+1. The predicted molar refractivity (Wildman–Crippen MR) is 54.7 cm³/mol. The first-order chi connectivity index (χ1) is 6.45. The number of nitrogens with one attached hydrogen (secondary N) is 1. The number of rotatable bonds is 0. The van der Waals surface area contributed by atoms with E-state index in [0.717, 1.165) is 5.52 Å². The number of hydrogen-bond donors (Lipinski definition) is 1. The molecule has 13 heavy (non-hydrogen) atoms. The summed E-state index contributed by atoms with van der Waals surface area (Å²) < 4.78 is 0. The van der Waals surface area contributed by atoms with E-state index in [1.165, 1.54) is 16.3 Å². The zero-order valence-corrected chi connectivity index (χ0v) is 6.99. The predicted octanol–water partition coefficient (Wildman–Crippen LogP) is 2.83. The Labute approximate surface area is 76.7 Å². The maximum Gasteiger partial charge on any atom is 1.00 e. The van der Waals surface area contributed by atoms with Crippen LogP contribution in [0.2, 0.25) is 0 Å². The summed E-state index contributed by atoms with van der Waals surface area (Å²) in [5.74, 6) is 0. The van der Waals surface area contributed by atoms with E-state index in [0.29, 0.717) is 0 Å². The Hall–Kier alpha value is -1.83. The first-order valence-corrected chi connectivity index (χ1v) is 4.25. The fourth-order valence-corrected chi connectivity index (χ4v) is 1.70. The molecule has 3 rings (SSSR count). The molecule has 0 bridgehead atoms. The van der Waals surface area contributed by atoms with Crippen LogP contribution in [0.1, 0.15) is 1.43 Å². The second-order valence-corrected chi connectivity index (χ2v) is 3.09. The van der Waals surface area contributed by atoms with Crippen LogP contribution in [0, 0.1) is 0 Å². The van der Waals surface area contributed by atoms with E-state index in [9.17, 15) is 0 Å². The molecule has 0 aliphatic rings. The fourth-order valence-electron chi connectivity index (χ4n) is 1.70. The molecular formula is C11H9N2+. The van der Waals surface area contributed by atoms with Crippen molar-refractivity contribution in [2.75, 3.05) is 0 Å². The number of H-pyrrole nitrogens is 1. The molecule has 3 aromatic rings. The molecule has 62 valence electrons. The van der Waals surface area contributed by atoms with Gasteiger partial charge in [-0.3, -0.25) is 4.98 Å². The Balaban J connectivity index is 0.000000750. The van der Waals surface area contributed by atoms with Crippen LogP contribution in [-0.2, 0) is 0 Å². The van der Waals surface area contributed by atoms with Crippen LogP contribution in [0.3, 0.4) is 0 Å². The average molecular weight is 169 g/mol. The van der Waals surface area contributed by atoms with E-state index in [1.54, 1.807) is 0 Å². The van der Waals surface area contributed by atoms with Crippen molar-refractivity contribution in [1.82, 2.24) is 9.97 Å². The zero-order chi connectivity index (χ0) is 8.67. The monoisotopic (exact) mass is 169 g/mol. The molecule has 0 aliphatic heterocycles. The van der Waals surface area contributed by atoms with Gasteiger partial charge in [0.1, 0.15) is 0 Å². The van der Waals surface area contributed by atoms with E-state index in [2.05, 4.69) is 28.2 Å². The molecule has 0 amide bonds. The van der Waals surface area contributed by atoms with Crippen LogP contribution in [0.5, 0.6) is 0 Å². The molecule has 0 saturated carbocycles. The normalized spacial score (nSPS) is 11.1. The topological polar surface area (TPSA) is 28.7 Å². The highest BCUT2D eigenvalue weighted by Gasteiger charge is 2.00. The van der Waals surface area contributed by atoms with Crippen LogP contribution in [0.15, 0.2) is 42.7 Å². The van der Waals surface area contributed by atoms with Crippen LogP contribution in [0.4, 0.5) is 0 Å². The number of nitrogens with zero attached hydrogens (tertiary/aromatic N) is 1. The van der Waals surface area contributed by atoms with E-state index in [1.807, 2.05) is 24.5 Å². The Morgan fingerprint density at radius 2 is 1.85 bits per heavy atom. The number of para-hydroxylation sites is 1. The molecule has 1 aromatic carbocycles. The summed E-state index contributed by atoms with van der Waals surface area (Å²) in [6.45, 7) is 0. The van der Waals surface area contributed by atoms with Crippen LogP contribution >= 0.6 is 0 Å². The molecule has 0 radical (unpaired) electrons. The third-order valence-corrected chi connectivity index (χ3v) is 2.31. The van der Waals surface area contributed by atoms with Crippen LogP contribution in [-0.4, -0.2) is 9.97 Å². The molecule has 2 nitrogen and oxygen atoms in total. The summed E-state index contributed by atoms with van der Waals surface area (Å²) in [6.07, 6.45) is 3.68. The van der Waals surface area contributed by atoms with Gasteiger partial charge >= 0.3 is 1.43 Å². The van der Waals surface area contributed by atoms with Crippen molar-refractivity contribution in [2.24, 2.45) is 0 Å². The molecule has 0 fully saturated rings. The fraction of sp³-hybridized carbons (Fsp3) is 0. The van der Waals surface area contributed by atoms with E-state index >= 15 is 0 Å². The minimum absolute atomic E-state index is 0. The molecule has 2 aromatic heterocycles. The quantitative estimate of drug-likeness (QED) is 0.550. The highest BCUT2D eigenvalue weighted by molar-refractivity contribution is 6.06. The third kappa shape index (κ3) is 0.855. The van der Waals surface area contributed by atoms with Gasteiger partial charge < -0.3 is 4.98 Å². The molecule has 2 heteroatoms. The zero-order valence-electron chi connectivity index (χ0n) is 7.99. The second-order valence-electron chi connectivity index (χ2n) is 3.09. The first-order valence-electron chi connectivity index (χ1n) is 4.25. The number of fused-ring (bicyclic) bond motifs is 3. The Bertz CT molecular complexity index is 521. The summed E-state index contributed by atoms with van der Waals surface area (Å²) in [5, 5.41) is 2.51. The lowest BCUT2D eigenvalue weighted by molar-refractivity contribution is 1.35. The van der Waals surface area contributed by atoms with Gasteiger partial charge in [0.05, 0.1) is 11.7 Å². The van der Waals surface area contributed by atoms with Gasteiger partial charge in [-0.25, -0.2) is 0 Å². The first kappa shape index (κ1) is 6.66. The molecule has 2 heterocycles. The van der Waals surface area contributed by atoms with E-state index in [4.69, 9.17) is 0 Å². The average Bonchev–Trinajstić information content (AvgIpc) is 2.56. The Kier molecular flexibility index (Phi) is 1.19. The maximum atomic E-state index is 4.08. The lowest BCUT2D eigenvalue weighted by atomic mass is 10.2. The van der Waals surface area contributed by atoms with Gasteiger partial charge in [-0.05, 0) is 12.1 Å². The van der Waals surface area contributed by atoms with Crippen molar-refractivity contribution in [3.05, 3.63) is 42.7 Å². The maximum absolute atomic E-state index is 4.08. The molecular weight excluding hydrogens is 160 g/mol. The highest BCUT2D eigenvalue weighted by Crippen LogP contribution is 2.23. The van der Waals surface area contributed by atoms with Gasteiger partial charge in [0, 0.05) is 22.5 Å². The Morgan fingerprint density at radius 1 is 1.00 bits per heavy atom. The minimum Gasteiger partial charge on any atom is -0.353 e. The van der Waals surface area contributed by atoms with Gasteiger partial charge in [-0.1, -0.05) is 18.2 Å². The van der Waals surface area contributed by atoms with Gasteiger partial charge in [0.2, 0.25) is 0 Å². The van der Waals surface area contributed by atoms with Crippen molar-refractivity contribution in [1.29, 1.82) is 0 Å². The number of aromatic nitrogens is 2. The van der Waals surface area contributed by atoms with Gasteiger partial charge in [0.25, 0.3) is 0 Å². The Morgan fingerprint density at radius 3 is 2.85 bits per heavy atom. The molecule has 0 saturated heterocycles. The molecule has 0 spiro atoms. The van der Waals surface area contributed by atoms with Crippen molar-refractivity contribution in [2.45, 2.75) is 0 Å². The molecule has 0 atom stereocenters. The van der Waals surface area contributed by atoms with Crippen molar-refractivity contribution >= 4 is 21.8 Å². The summed E-state index contributed by atoms with van der Waals surface area (Å²) in [4.78, 5) is 7.39. The summed E-state index contributed by atoms with van der Waals surface area (Å²) >= 11 is 0. The SMILES string of the molecule is [H+].c1ccc2c(c1)[nH]c1cnccc12. The summed E-state index contributed by atoms with van der Waals surface area (Å²) in [7, 11) is 0. The lowest BCUT2D eigenvalue weighted by Crippen LogP contribution is -1.68. The summed E-state index contributed by atoms with van der Waals surface area (Å²) in [6, 6.07) is 10.3. The molecule has 1 N–H and O–H groups in total. The largest absolute Gasteiger partial charge is 1.00 e.